The molecule has 0 aliphatic carbocycles. The number of likely N-dealkylation sites (tertiary alicyclic amines) is 1. The number of rotatable bonds is 5. The second-order valence-corrected chi connectivity index (χ2v) is 6.83. The van der Waals surface area contributed by atoms with Gasteiger partial charge in [-0.1, -0.05) is 44.2 Å². The lowest BCUT2D eigenvalue weighted by atomic mass is 9.85. The lowest BCUT2D eigenvalue weighted by molar-refractivity contribution is 0.309. The van der Waals surface area contributed by atoms with E-state index in [1.807, 2.05) is 7.05 Å². The maximum atomic E-state index is 4.35. The topological polar surface area (TPSA) is 39.7 Å². The van der Waals surface area contributed by atoms with Crippen molar-refractivity contribution in [2.75, 3.05) is 33.7 Å². The number of nitrogens with zero attached hydrogens (tertiary/aromatic N) is 2. The zero-order valence-corrected chi connectivity index (χ0v) is 14.4. The molecule has 0 bridgehead atoms. The van der Waals surface area contributed by atoms with Gasteiger partial charge in [-0.15, -0.1) is 0 Å². The molecule has 1 heterocycles. The molecule has 0 saturated carbocycles. The third-order valence-electron chi connectivity index (χ3n) is 4.65. The standard InChI is InChI=1S/C18H30N4/c1-18(2,15-9-6-5-7-10-15)14-21-17(19-3)20-13-16-11-8-12-22(16)4/h5-7,9-10,16H,8,11-14H2,1-4H3,(H2,19,20,21). The smallest absolute Gasteiger partial charge is 0.191 e. The first-order chi connectivity index (χ1) is 10.5. The highest BCUT2D eigenvalue weighted by atomic mass is 15.2. The highest BCUT2D eigenvalue weighted by molar-refractivity contribution is 5.79. The number of hydrogen-bond donors (Lipinski definition) is 2. The highest BCUT2D eigenvalue weighted by Gasteiger charge is 2.22. The van der Waals surface area contributed by atoms with Crippen LogP contribution in [0.15, 0.2) is 35.3 Å². The van der Waals surface area contributed by atoms with Crippen LogP contribution in [0.5, 0.6) is 0 Å². The van der Waals surface area contributed by atoms with Crippen molar-refractivity contribution in [1.82, 2.24) is 15.5 Å². The lowest BCUT2D eigenvalue weighted by Crippen LogP contribution is -2.47. The summed E-state index contributed by atoms with van der Waals surface area (Å²) in [6.07, 6.45) is 2.58. The van der Waals surface area contributed by atoms with Gasteiger partial charge < -0.3 is 15.5 Å². The molecular formula is C18H30N4. The van der Waals surface area contributed by atoms with Crippen LogP contribution in [0.25, 0.3) is 0 Å². The average Bonchev–Trinajstić information content (AvgIpc) is 2.93. The Morgan fingerprint density at radius 2 is 2.00 bits per heavy atom. The molecular weight excluding hydrogens is 272 g/mol. The number of nitrogens with one attached hydrogen (secondary N) is 2. The van der Waals surface area contributed by atoms with Crippen molar-refractivity contribution in [1.29, 1.82) is 0 Å². The number of benzene rings is 1. The van der Waals surface area contributed by atoms with Crippen molar-refractivity contribution < 1.29 is 0 Å². The van der Waals surface area contributed by atoms with Gasteiger partial charge in [-0.3, -0.25) is 4.99 Å². The van der Waals surface area contributed by atoms with E-state index in [1.165, 1.54) is 24.9 Å². The summed E-state index contributed by atoms with van der Waals surface area (Å²) in [5, 5.41) is 6.93. The first-order valence-corrected chi connectivity index (χ1v) is 8.23. The van der Waals surface area contributed by atoms with Crippen LogP contribution in [0.4, 0.5) is 0 Å². The van der Waals surface area contributed by atoms with Gasteiger partial charge in [-0.25, -0.2) is 0 Å². The van der Waals surface area contributed by atoms with Crippen molar-refractivity contribution in [2.24, 2.45) is 4.99 Å². The van der Waals surface area contributed by atoms with Crippen LogP contribution >= 0.6 is 0 Å². The minimum Gasteiger partial charge on any atom is -0.356 e. The molecule has 1 unspecified atom stereocenters. The first kappa shape index (κ1) is 16.8. The summed E-state index contributed by atoms with van der Waals surface area (Å²) in [5.74, 6) is 0.893. The Balaban J connectivity index is 1.83. The zero-order chi connectivity index (χ0) is 16.0. The Labute approximate surface area is 135 Å². The molecule has 1 aromatic rings. The molecule has 1 aliphatic rings. The van der Waals surface area contributed by atoms with Gasteiger partial charge in [-0.05, 0) is 32.0 Å². The van der Waals surface area contributed by atoms with E-state index in [0.717, 1.165) is 19.0 Å². The molecule has 0 amide bonds. The van der Waals surface area contributed by atoms with Crippen LogP contribution < -0.4 is 10.6 Å². The predicted octanol–water partition coefficient (Wildman–Crippen LogP) is 2.22. The molecule has 2 rings (SSSR count). The van der Waals surface area contributed by atoms with Gasteiger partial charge >= 0.3 is 0 Å². The van der Waals surface area contributed by atoms with E-state index in [1.54, 1.807) is 0 Å². The molecule has 0 radical (unpaired) electrons. The Morgan fingerprint density at radius 1 is 1.27 bits per heavy atom. The molecule has 1 fully saturated rings. The van der Waals surface area contributed by atoms with Gasteiger partial charge in [0.15, 0.2) is 5.96 Å². The fraction of sp³-hybridized carbons (Fsp3) is 0.611. The van der Waals surface area contributed by atoms with Crippen LogP contribution in [0, 0.1) is 0 Å². The van der Waals surface area contributed by atoms with Crippen LogP contribution in [-0.2, 0) is 5.41 Å². The Hall–Kier alpha value is -1.55. The summed E-state index contributed by atoms with van der Waals surface area (Å²) in [6.45, 7) is 7.54. The number of likely N-dealkylation sites (N-methyl/N-ethyl adjacent to an activating group) is 1. The second-order valence-electron chi connectivity index (χ2n) is 6.83. The summed E-state index contributed by atoms with van der Waals surface area (Å²) in [6, 6.07) is 11.3. The fourth-order valence-electron chi connectivity index (χ4n) is 2.97. The Bertz CT molecular complexity index is 481. The van der Waals surface area contributed by atoms with Crippen LogP contribution in [-0.4, -0.2) is 50.6 Å². The maximum Gasteiger partial charge on any atom is 0.191 e. The Kier molecular flexibility index (Phi) is 5.83. The minimum absolute atomic E-state index is 0.0725. The zero-order valence-electron chi connectivity index (χ0n) is 14.4. The van der Waals surface area contributed by atoms with Crippen molar-refractivity contribution >= 4 is 5.96 Å². The van der Waals surface area contributed by atoms with Crippen LogP contribution in [0.1, 0.15) is 32.3 Å². The highest BCUT2D eigenvalue weighted by Crippen LogP contribution is 2.21. The quantitative estimate of drug-likeness (QED) is 0.647. The summed E-state index contributed by atoms with van der Waals surface area (Å²) in [4.78, 5) is 6.77. The van der Waals surface area contributed by atoms with Gasteiger partial charge in [-0.2, -0.15) is 0 Å². The molecule has 122 valence electrons. The first-order valence-electron chi connectivity index (χ1n) is 8.23. The molecule has 1 atom stereocenters. The van der Waals surface area contributed by atoms with E-state index in [0.29, 0.717) is 6.04 Å². The summed E-state index contributed by atoms with van der Waals surface area (Å²) in [5.41, 5.74) is 1.41. The van der Waals surface area contributed by atoms with E-state index in [9.17, 15) is 0 Å². The van der Waals surface area contributed by atoms with Crippen molar-refractivity contribution in [3.63, 3.8) is 0 Å². The molecule has 1 aromatic carbocycles. The van der Waals surface area contributed by atoms with Gasteiger partial charge in [0.25, 0.3) is 0 Å². The van der Waals surface area contributed by atoms with Crippen LogP contribution in [0.3, 0.4) is 0 Å². The number of aliphatic imine (C=N–C) groups is 1. The van der Waals surface area contributed by atoms with Gasteiger partial charge in [0.1, 0.15) is 0 Å². The van der Waals surface area contributed by atoms with Gasteiger partial charge in [0.2, 0.25) is 0 Å². The van der Waals surface area contributed by atoms with Crippen molar-refractivity contribution in [2.45, 2.75) is 38.1 Å². The molecule has 22 heavy (non-hydrogen) atoms. The van der Waals surface area contributed by atoms with Gasteiger partial charge in [0.05, 0.1) is 0 Å². The van der Waals surface area contributed by atoms with E-state index in [-0.39, 0.29) is 5.41 Å². The SMILES string of the molecule is CN=C(NCC1CCCN1C)NCC(C)(C)c1ccccc1. The lowest BCUT2D eigenvalue weighted by Gasteiger charge is -2.27. The third kappa shape index (κ3) is 4.47. The predicted molar refractivity (Wildman–Crippen MR) is 94.5 cm³/mol. The van der Waals surface area contributed by atoms with E-state index in [2.05, 4.69) is 71.8 Å². The van der Waals surface area contributed by atoms with E-state index >= 15 is 0 Å². The maximum absolute atomic E-state index is 4.35. The molecule has 4 nitrogen and oxygen atoms in total. The molecule has 1 aliphatic heterocycles. The normalized spacial score (nSPS) is 20.2. The largest absolute Gasteiger partial charge is 0.356 e. The molecule has 4 heteroatoms. The van der Waals surface area contributed by atoms with Crippen molar-refractivity contribution in [3.8, 4) is 0 Å². The number of hydrogen-bond acceptors (Lipinski definition) is 2. The average molecular weight is 302 g/mol. The van der Waals surface area contributed by atoms with Crippen molar-refractivity contribution in [3.05, 3.63) is 35.9 Å². The van der Waals surface area contributed by atoms with E-state index < -0.39 is 0 Å². The molecule has 2 N–H and O–H groups in total. The van der Waals surface area contributed by atoms with Gasteiger partial charge in [0, 0.05) is 31.6 Å². The molecule has 0 spiro atoms. The molecule has 1 saturated heterocycles. The van der Waals surface area contributed by atoms with E-state index in [4.69, 9.17) is 0 Å². The second kappa shape index (κ2) is 7.63. The fourth-order valence-corrected chi connectivity index (χ4v) is 2.97. The minimum atomic E-state index is 0.0725. The monoisotopic (exact) mass is 302 g/mol. The number of guanidine groups is 1. The Morgan fingerprint density at radius 3 is 2.59 bits per heavy atom. The summed E-state index contributed by atoms with van der Waals surface area (Å²) in [7, 11) is 4.04. The molecule has 0 aromatic heterocycles. The van der Waals surface area contributed by atoms with Crippen LogP contribution in [0.2, 0.25) is 0 Å². The summed E-state index contributed by atoms with van der Waals surface area (Å²) >= 11 is 0. The third-order valence-corrected chi connectivity index (χ3v) is 4.65. The summed E-state index contributed by atoms with van der Waals surface area (Å²) < 4.78 is 0.